The predicted octanol–water partition coefficient (Wildman–Crippen LogP) is 12.4. The van der Waals surface area contributed by atoms with Crippen LogP contribution in [-0.4, -0.2) is 92.5 Å². The SMILES string of the molecule is C.C.C.C.C.C.C.C=COCC.CC(C)OB1OC(C)(C)C(C)(C)O1.CCOC(C)n1cc(B2OC(C)(C)C(C)(C)O2)cn1.CCOC(C)n1cc(I)cn1.Ic1cn[nH]c1. The highest BCUT2D eigenvalue weighted by Gasteiger charge is 2.53. The van der Waals surface area contributed by atoms with Gasteiger partial charge in [-0.1, -0.05) is 58.6 Å². The van der Waals surface area contributed by atoms with Gasteiger partial charge < -0.3 is 37.5 Å². The fourth-order valence-corrected chi connectivity index (χ4v) is 4.91. The topological polar surface area (TPSA) is 138 Å². The van der Waals surface area contributed by atoms with Gasteiger partial charge in [0.2, 0.25) is 0 Å². The first kappa shape index (κ1) is 73.9. The van der Waals surface area contributed by atoms with Crippen molar-refractivity contribution in [2.45, 2.75) is 197 Å². The summed E-state index contributed by atoms with van der Waals surface area (Å²) in [7, 11) is -0.891. The molecular weight excluding hydrogens is 1000 g/mol. The zero-order chi connectivity index (χ0) is 41.3. The molecule has 0 amide bonds. The Hall–Kier alpha value is -1.52. The Bertz CT molecular complexity index is 1430. The van der Waals surface area contributed by atoms with E-state index < -0.39 is 7.32 Å². The molecule has 1 N–H and O–H groups in total. The van der Waals surface area contributed by atoms with Gasteiger partial charge in [0.05, 0.1) is 54.8 Å². The van der Waals surface area contributed by atoms with E-state index >= 15 is 0 Å². The molecule has 2 saturated heterocycles. The molecule has 0 aromatic carbocycles. The summed E-state index contributed by atoms with van der Waals surface area (Å²) in [6, 6.07) is 0. The van der Waals surface area contributed by atoms with Gasteiger partial charge in [-0.3, -0.25) is 5.10 Å². The number of hydrogen-bond acceptors (Lipinski definition) is 11. The van der Waals surface area contributed by atoms with E-state index in [9.17, 15) is 0 Å². The fraction of sp³-hybridized carbons (Fsp3) is 0.744. The van der Waals surface area contributed by atoms with Crippen molar-refractivity contribution in [1.29, 1.82) is 0 Å². The lowest BCUT2D eigenvalue weighted by Gasteiger charge is -2.32. The maximum absolute atomic E-state index is 5.99. The number of ether oxygens (including phenoxy) is 3. The number of halogens is 2. The largest absolute Gasteiger partial charge is 0.640 e. The van der Waals surface area contributed by atoms with Crippen LogP contribution in [0.2, 0.25) is 0 Å². The lowest BCUT2D eigenvalue weighted by molar-refractivity contribution is 0.00578. The molecule has 18 heteroatoms. The molecule has 2 fully saturated rings. The van der Waals surface area contributed by atoms with Gasteiger partial charge in [-0.15, -0.1) is 0 Å². The molecule has 5 rings (SSSR count). The van der Waals surface area contributed by atoms with Crippen LogP contribution in [0.3, 0.4) is 0 Å². The molecule has 61 heavy (non-hydrogen) atoms. The van der Waals surface area contributed by atoms with E-state index in [1.807, 2.05) is 133 Å². The average Bonchev–Trinajstić information content (AvgIpc) is 3.88. The summed E-state index contributed by atoms with van der Waals surface area (Å²) in [6.07, 6.45) is 12.6. The van der Waals surface area contributed by atoms with E-state index in [4.69, 9.17) is 32.7 Å². The second-order valence-corrected chi connectivity index (χ2v) is 16.8. The van der Waals surface area contributed by atoms with Crippen LogP contribution in [0.25, 0.3) is 0 Å². The fourth-order valence-electron chi connectivity index (χ4n) is 4.22. The summed E-state index contributed by atoms with van der Waals surface area (Å²) in [5, 5.41) is 14.8. The highest BCUT2D eigenvalue weighted by Crippen LogP contribution is 2.37. The summed E-state index contributed by atoms with van der Waals surface area (Å²) >= 11 is 4.40. The summed E-state index contributed by atoms with van der Waals surface area (Å²) in [5.41, 5.74) is -0.333. The van der Waals surface area contributed by atoms with Crippen molar-refractivity contribution in [2.75, 3.05) is 19.8 Å². The molecule has 0 bridgehead atoms. The Labute approximate surface area is 403 Å². The number of rotatable bonds is 11. The van der Waals surface area contributed by atoms with Crippen molar-refractivity contribution < 1.29 is 37.5 Å². The highest BCUT2D eigenvalue weighted by molar-refractivity contribution is 14.1. The third-order valence-electron chi connectivity index (χ3n) is 8.64. The molecule has 5 heterocycles. The lowest BCUT2D eigenvalue weighted by atomic mass is 9.82. The van der Waals surface area contributed by atoms with Crippen LogP contribution in [0.15, 0.2) is 50.0 Å². The smallest absolute Gasteiger partial charge is 0.502 e. The average molecular weight is 1100 g/mol. The number of aromatic amines is 1. The predicted molar refractivity (Wildman–Crippen MR) is 278 cm³/mol. The van der Waals surface area contributed by atoms with Crippen LogP contribution in [0.1, 0.15) is 168 Å². The maximum atomic E-state index is 5.99. The van der Waals surface area contributed by atoms with Gasteiger partial charge in [0.1, 0.15) is 12.5 Å². The Kier molecular flexibility index (Phi) is 42.2. The Morgan fingerprint density at radius 1 is 0.672 bits per heavy atom. The van der Waals surface area contributed by atoms with E-state index in [2.05, 4.69) is 76.9 Å². The van der Waals surface area contributed by atoms with Crippen molar-refractivity contribution in [3.63, 3.8) is 0 Å². The monoisotopic (exact) mass is 1100 g/mol. The van der Waals surface area contributed by atoms with Gasteiger partial charge in [0, 0.05) is 49.6 Å². The molecular formula is C43H92B2I2N6O8. The minimum absolute atomic E-state index is 0. The maximum Gasteiger partial charge on any atom is 0.640 e. The quantitative estimate of drug-likeness (QED) is 0.112. The van der Waals surface area contributed by atoms with Crippen molar-refractivity contribution in [2.24, 2.45) is 0 Å². The van der Waals surface area contributed by atoms with Gasteiger partial charge in [0.25, 0.3) is 0 Å². The molecule has 2 aliphatic heterocycles. The van der Waals surface area contributed by atoms with Crippen molar-refractivity contribution in [1.82, 2.24) is 29.8 Å². The zero-order valence-corrected chi connectivity index (χ0v) is 39.3. The van der Waals surface area contributed by atoms with E-state index in [1.165, 1.54) is 6.26 Å². The number of nitrogens with one attached hydrogen (secondary N) is 1. The van der Waals surface area contributed by atoms with E-state index in [1.54, 1.807) is 17.1 Å². The molecule has 362 valence electrons. The molecule has 2 aliphatic rings. The third kappa shape index (κ3) is 25.5. The van der Waals surface area contributed by atoms with Crippen LogP contribution in [0, 0.1) is 7.14 Å². The summed E-state index contributed by atoms with van der Waals surface area (Å²) in [6.45, 7) is 35.4. The minimum atomic E-state index is -0.523. The zero-order valence-electron chi connectivity index (χ0n) is 35.0. The van der Waals surface area contributed by atoms with Crippen LogP contribution < -0.4 is 5.46 Å². The second-order valence-electron chi connectivity index (χ2n) is 14.4. The van der Waals surface area contributed by atoms with Gasteiger partial charge in [-0.2, -0.15) is 15.3 Å². The molecule has 3 aromatic heterocycles. The highest BCUT2D eigenvalue weighted by atomic mass is 127. The number of aromatic nitrogens is 6. The molecule has 0 saturated carbocycles. The number of hydrogen-bond donors (Lipinski definition) is 1. The Morgan fingerprint density at radius 3 is 1.39 bits per heavy atom. The summed E-state index contributed by atoms with van der Waals surface area (Å²) in [5.74, 6) is 0. The van der Waals surface area contributed by atoms with Gasteiger partial charge in [-0.25, -0.2) is 9.36 Å². The standard InChI is InChI=1S/C13H23BN2O3.C9H19BO3.C7H11IN2O.C4H8O.C3H3IN2.7CH4/c1-7-17-10(2)16-9-11(8-15-16)14-18-12(3,4)13(5,6)19-14;1-7(2)11-10-12-8(3,4)9(5,6)13-10;1-3-11-6(2)10-5-7(8)4-9-10;1-3-5-4-2;4-3-1-5-6-2-3;;;;;;;/h8-10H,7H2,1-6H3;7H,1-6H3;4-6H,3H2,1-2H3;3H,1,4H2,2H3;1-2H,(H,5,6);7*1H4. The van der Waals surface area contributed by atoms with E-state index in [0.717, 1.165) is 25.8 Å². The molecule has 2 atom stereocenters. The van der Waals surface area contributed by atoms with Gasteiger partial charge in [-0.05, 0) is 149 Å². The number of nitrogens with zero attached hydrogens (tertiary/aromatic N) is 5. The molecule has 2 unspecified atom stereocenters. The summed E-state index contributed by atoms with van der Waals surface area (Å²) in [4.78, 5) is 0. The van der Waals surface area contributed by atoms with E-state index in [-0.39, 0.29) is 100 Å². The summed E-state index contributed by atoms with van der Waals surface area (Å²) < 4.78 is 50.0. The van der Waals surface area contributed by atoms with Gasteiger partial charge in [0.15, 0.2) is 0 Å². The van der Waals surface area contributed by atoms with Crippen LogP contribution in [-0.2, 0) is 37.5 Å². The molecule has 3 aromatic rings. The molecule has 0 spiro atoms. The van der Waals surface area contributed by atoms with Crippen molar-refractivity contribution in [3.05, 3.63) is 57.2 Å². The number of H-pyrrole nitrogens is 1. The normalized spacial score (nSPS) is 16.4. The van der Waals surface area contributed by atoms with Crippen molar-refractivity contribution in [3.8, 4) is 0 Å². The molecule has 0 aliphatic carbocycles. The van der Waals surface area contributed by atoms with Crippen LogP contribution in [0.5, 0.6) is 0 Å². The minimum Gasteiger partial charge on any atom is -0.502 e. The lowest BCUT2D eigenvalue weighted by Crippen LogP contribution is -2.41. The van der Waals surface area contributed by atoms with Crippen molar-refractivity contribution >= 4 is 65.1 Å². The molecule has 0 radical (unpaired) electrons. The van der Waals surface area contributed by atoms with Gasteiger partial charge >= 0.3 is 14.4 Å². The second kappa shape index (κ2) is 34.8. The Balaban J connectivity index is -0.000000124. The van der Waals surface area contributed by atoms with E-state index in [0.29, 0.717) is 6.61 Å². The first-order valence-corrected chi connectivity index (χ1v) is 20.4. The van der Waals surface area contributed by atoms with Crippen LogP contribution >= 0.6 is 45.2 Å². The first-order chi connectivity index (χ1) is 25.1. The van der Waals surface area contributed by atoms with Crippen LogP contribution in [0.4, 0.5) is 0 Å². The first-order valence-electron chi connectivity index (χ1n) is 18.3. The third-order valence-corrected chi connectivity index (χ3v) is 9.79. The Morgan fingerprint density at radius 2 is 1.10 bits per heavy atom. The molecule has 14 nitrogen and oxygen atoms in total.